The van der Waals surface area contributed by atoms with Gasteiger partial charge in [0, 0.05) is 0 Å². The zero-order chi connectivity index (χ0) is 14.6. The predicted octanol–water partition coefficient (Wildman–Crippen LogP) is 7.37. The van der Waals surface area contributed by atoms with E-state index < -0.39 is 0 Å². The largest absolute Gasteiger partial charge is 0.0654 e. The molecule has 0 rings (SSSR count). The third-order valence-electron chi connectivity index (χ3n) is 4.23. The molecule has 0 saturated carbocycles. The van der Waals surface area contributed by atoms with Crippen molar-refractivity contribution < 1.29 is 0 Å². The monoisotopic (exact) mass is 268 g/mol. The van der Waals surface area contributed by atoms with Gasteiger partial charge in [0.05, 0.1) is 0 Å². The van der Waals surface area contributed by atoms with Crippen LogP contribution in [-0.2, 0) is 0 Å². The minimum atomic E-state index is 0.519. The van der Waals surface area contributed by atoms with Gasteiger partial charge < -0.3 is 0 Å². The van der Waals surface area contributed by atoms with Crippen LogP contribution in [0.15, 0.2) is 0 Å². The minimum absolute atomic E-state index is 0.519. The summed E-state index contributed by atoms with van der Waals surface area (Å²) in [6, 6.07) is 0. The van der Waals surface area contributed by atoms with Crippen LogP contribution in [0.25, 0.3) is 0 Å². The van der Waals surface area contributed by atoms with Gasteiger partial charge in [-0.2, -0.15) is 0 Å². The number of hydrogen-bond acceptors (Lipinski definition) is 0. The zero-order valence-electron chi connectivity index (χ0n) is 14.6. The highest BCUT2D eigenvalue weighted by Gasteiger charge is 2.15. The Balaban J connectivity index is 3.85. The van der Waals surface area contributed by atoms with Crippen molar-refractivity contribution in [3.63, 3.8) is 0 Å². The second-order valence-electron chi connectivity index (χ2n) is 7.66. The van der Waals surface area contributed by atoms with Gasteiger partial charge in [0.15, 0.2) is 0 Å². The fourth-order valence-electron chi connectivity index (χ4n) is 2.79. The van der Waals surface area contributed by atoms with Crippen molar-refractivity contribution >= 4 is 0 Å². The molecule has 0 radical (unpaired) electrons. The molecule has 0 bridgehead atoms. The van der Waals surface area contributed by atoms with E-state index in [1.54, 1.807) is 0 Å². The summed E-state index contributed by atoms with van der Waals surface area (Å²) in [6.45, 7) is 11.8. The highest BCUT2D eigenvalue weighted by atomic mass is 14.2. The van der Waals surface area contributed by atoms with E-state index in [0.717, 1.165) is 5.92 Å². The van der Waals surface area contributed by atoms with E-state index in [4.69, 9.17) is 0 Å². The molecule has 0 aliphatic carbocycles. The standard InChI is InChI=1S/C19H40/c1-6-8-10-12-14-18(15-13-11-9-7-2)16-17-19(3,4)5/h18H,6-17H2,1-5H3. The molecule has 0 aromatic rings. The Kier molecular flexibility index (Phi) is 11.8. The molecule has 0 heterocycles. The molecule has 0 heteroatoms. The van der Waals surface area contributed by atoms with Gasteiger partial charge in [-0.3, -0.25) is 0 Å². The van der Waals surface area contributed by atoms with Crippen molar-refractivity contribution in [2.24, 2.45) is 11.3 Å². The molecular weight excluding hydrogens is 228 g/mol. The number of hydrogen-bond donors (Lipinski definition) is 0. The first-order valence-electron chi connectivity index (χ1n) is 8.99. The Bertz CT molecular complexity index is 163. The van der Waals surface area contributed by atoms with Crippen LogP contribution < -0.4 is 0 Å². The SMILES string of the molecule is CCCCCCC(CCCCCC)CCC(C)(C)C. The summed E-state index contributed by atoms with van der Waals surface area (Å²) in [4.78, 5) is 0. The Morgan fingerprint density at radius 2 is 1.11 bits per heavy atom. The van der Waals surface area contributed by atoms with Crippen molar-refractivity contribution in [2.45, 2.75) is 112 Å². The topological polar surface area (TPSA) is 0 Å². The van der Waals surface area contributed by atoms with Gasteiger partial charge in [-0.1, -0.05) is 98.8 Å². The lowest BCUT2D eigenvalue weighted by molar-refractivity contribution is 0.293. The van der Waals surface area contributed by atoms with Crippen LogP contribution in [0, 0.1) is 11.3 Å². The van der Waals surface area contributed by atoms with Gasteiger partial charge >= 0.3 is 0 Å². The molecule has 19 heavy (non-hydrogen) atoms. The number of rotatable bonds is 12. The van der Waals surface area contributed by atoms with Crippen LogP contribution in [-0.4, -0.2) is 0 Å². The predicted molar refractivity (Wildman–Crippen MR) is 89.7 cm³/mol. The lowest BCUT2D eigenvalue weighted by atomic mass is 9.83. The first kappa shape index (κ1) is 19.0. The summed E-state index contributed by atoms with van der Waals surface area (Å²) in [5.41, 5.74) is 0.519. The van der Waals surface area contributed by atoms with Gasteiger partial charge in [0.2, 0.25) is 0 Å². The molecule has 0 spiro atoms. The van der Waals surface area contributed by atoms with Gasteiger partial charge in [0.1, 0.15) is 0 Å². The molecule has 116 valence electrons. The second kappa shape index (κ2) is 11.8. The van der Waals surface area contributed by atoms with Gasteiger partial charge in [-0.25, -0.2) is 0 Å². The van der Waals surface area contributed by atoms with E-state index in [9.17, 15) is 0 Å². The highest BCUT2D eigenvalue weighted by molar-refractivity contribution is 4.67. The van der Waals surface area contributed by atoms with Gasteiger partial charge in [-0.15, -0.1) is 0 Å². The molecule has 0 saturated heterocycles. The molecule has 0 atom stereocenters. The van der Waals surface area contributed by atoms with E-state index in [2.05, 4.69) is 34.6 Å². The first-order valence-corrected chi connectivity index (χ1v) is 8.99. The molecule has 0 aliphatic heterocycles. The summed E-state index contributed by atoms with van der Waals surface area (Å²) in [6.07, 6.45) is 17.3. The minimum Gasteiger partial charge on any atom is -0.0654 e. The van der Waals surface area contributed by atoms with Crippen molar-refractivity contribution in [1.82, 2.24) is 0 Å². The molecule has 0 amide bonds. The maximum atomic E-state index is 2.39. The van der Waals surface area contributed by atoms with E-state index in [-0.39, 0.29) is 0 Å². The Hall–Kier alpha value is 0. The quantitative estimate of drug-likeness (QED) is 0.324. The fraction of sp³-hybridized carbons (Fsp3) is 1.00. The van der Waals surface area contributed by atoms with Gasteiger partial charge in [0.25, 0.3) is 0 Å². The molecule has 0 aliphatic rings. The Labute approximate surface area is 123 Å². The van der Waals surface area contributed by atoms with E-state index >= 15 is 0 Å². The smallest absolute Gasteiger partial charge is 0.0383 e. The highest BCUT2D eigenvalue weighted by Crippen LogP contribution is 2.29. The van der Waals surface area contributed by atoms with Crippen LogP contribution in [0.1, 0.15) is 112 Å². The summed E-state index contributed by atoms with van der Waals surface area (Å²) in [7, 11) is 0. The molecule has 0 unspecified atom stereocenters. The van der Waals surface area contributed by atoms with Crippen molar-refractivity contribution in [1.29, 1.82) is 0 Å². The first-order chi connectivity index (χ1) is 8.99. The molecule has 0 aromatic heterocycles. The Morgan fingerprint density at radius 3 is 1.47 bits per heavy atom. The second-order valence-corrected chi connectivity index (χ2v) is 7.66. The van der Waals surface area contributed by atoms with Crippen LogP contribution in [0.3, 0.4) is 0 Å². The van der Waals surface area contributed by atoms with E-state index in [1.807, 2.05) is 0 Å². The zero-order valence-corrected chi connectivity index (χ0v) is 14.6. The summed E-state index contributed by atoms with van der Waals surface area (Å²) in [5.74, 6) is 1.01. The molecule has 0 aromatic carbocycles. The normalized spacial score (nSPS) is 12.3. The van der Waals surface area contributed by atoms with Crippen LogP contribution >= 0.6 is 0 Å². The van der Waals surface area contributed by atoms with Crippen LogP contribution in [0.5, 0.6) is 0 Å². The van der Waals surface area contributed by atoms with Crippen LogP contribution in [0.4, 0.5) is 0 Å². The Morgan fingerprint density at radius 1 is 0.632 bits per heavy atom. The van der Waals surface area contributed by atoms with Crippen LogP contribution in [0.2, 0.25) is 0 Å². The summed E-state index contributed by atoms with van der Waals surface area (Å²) < 4.78 is 0. The summed E-state index contributed by atoms with van der Waals surface area (Å²) in [5, 5.41) is 0. The van der Waals surface area contributed by atoms with Gasteiger partial charge in [-0.05, 0) is 24.2 Å². The summed E-state index contributed by atoms with van der Waals surface area (Å²) >= 11 is 0. The lowest BCUT2D eigenvalue weighted by Crippen LogP contribution is -2.09. The number of unbranched alkanes of at least 4 members (excludes halogenated alkanes) is 6. The third-order valence-corrected chi connectivity index (χ3v) is 4.23. The van der Waals surface area contributed by atoms with E-state index in [1.165, 1.54) is 77.0 Å². The van der Waals surface area contributed by atoms with Crippen molar-refractivity contribution in [2.75, 3.05) is 0 Å². The van der Waals surface area contributed by atoms with Crippen molar-refractivity contribution in [3.05, 3.63) is 0 Å². The fourth-order valence-corrected chi connectivity index (χ4v) is 2.79. The maximum absolute atomic E-state index is 2.39. The van der Waals surface area contributed by atoms with Crippen molar-refractivity contribution in [3.8, 4) is 0 Å². The molecule has 0 nitrogen and oxygen atoms in total. The molecular formula is C19H40. The average molecular weight is 269 g/mol. The molecule has 0 N–H and O–H groups in total. The third kappa shape index (κ3) is 14.2. The molecule has 0 fully saturated rings. The maximum Gasteiger partial charge on any atom is -0.0383 e. The lowest BCUT2D eigenvalue weighted by Gasteiger charge is -2.23. The average Bonchev–Trinajstić information content (AvgIpc) is 2.34. The van der Waals surface area contributed by atoms with E-state index in [0.29, 0.717) is 5.41 Å².